The Morgan fingerprint density at radius 2 is 1.95 bits per heavy atom. The van der Waals surface area contributed by atoms with Crippen LogP contribution in [0.25, 0.3) is 0 Å². The first-order chi connectivity index (χ1) is 9.87. The third-order valence-corrected chi connectivity index (χ3v) is 3.83. The van der Waals surface area contributed by atoms with Gasteiger partial charge in [-0.1, -0.05) is 26.2 Å². The maximum atomic E-state index is 12.1. The molecule has 1 aliphatic rings. The number of nitrogens with zero attached hydrogens (tertiary/aromatic N) is 2. The topological polar surface area (TPSA) is 58.8 Å². The zero-order valence-corrected chi connectivity index (χ0v) is 14.2. The van der Waals surface area contributed by atoms with Crippen molar-refractivity contribution in [1.82, 2.24) is 9.80 Å². The van der Waals surface area contributed by atoms with Crippen molar-refractivity contribution in [3.05, 3.63) is 0 Å². The van der Waals surface area contributed by atoms with Crippen molar-refractivity contribution in [3.63, 3.8) is 0 Å². The highest BCUT2D eigenvalue weighted by Crippen LogP contribution is 2.15. The summed E-state index contributed by atoms with van der Waals surface area (Å²) in [7, 11) is 0. The first-order valence-electron chi connectivity index (χ1n) is 8.29. The molecule has 0 spiro atoms. The highest BCUT2D eigenvalue weighted by atomic mass is 16.6. The lowest BCUT2D eigenvalue weighted by Crippen LogP contribution is -2.57. The molecule has 1 unspecified atom stereocenters. The molecule has 2 N–H and O–H groups in total. The largest absolute Gasteiger partial charge is 0.444 e. The third kappa shape index (κ3) is 6.66. The number of piperazine rings is 1. The minimum atomic E-state index is -0.438. The molecule has 21 heavy (non-hydrogen) atoms. The summed E-state index contributed by atoms with van der Waals surface area (Å²) in [5.41, 5.74) is 5.46. The summed E-state index contributed by atoms with van der Waals surface area (Å²) in [6.07, 6.45) is 4.83. The van der Waals surface area contributed by atoms with Gasteiger partial charge in [0.05, 0.1) is 0 Å². The Balaban J connectivity index is 2.43. The van der Waals surface area contributed by atoms with Gasteiger partial charge in [0.2, 0.25) is 0 Å². The van der Waals surface area contributed by atoms with Crippen LogP contribution in [0, 0.1) is 0 Å². The van der Waals surface area contributed by atoms with E-state index in [-0.39, 0.29) is 12.1 Å². The van der Waals surface area contributed by atoms with E-state index in [0.29, 0.717) is 13.1 Å². The van der Waals surface area contributed by atoms with Crippen LogP contribution in [-0.2, 0) is 4.74 Å². The number of carbonyl (C=O) groups excluding carboxylic acids is 1. The molecule has 0 aromatic heterocycles. The van der Waals surface area contributed by atoms with Gasteiger partial charge in [-0.15, -0.1) is 0 Å². The fraction of sp³-hybridized carbons (Fsp3) is 0.938. The van der Waals surface area contributed by atoms with E-state index in [4.69, 9.17) is 10.5 Å². The number of hydrogen-bond donors (Lipinski definition) is 1. The first-order valence-corrected chi connectivity index (χ1v) is 8.29. The second kappa shape index (κ2) is 8.59. The van der Waals surface area contributed by atoms with E-state index in [1.807, 2.05) is 20.8 Å². The molecule has 1 rings (SSSR count). The van der Waals surface area contributed by atoms with Crippen molar-refractivity contribution < 1.29 is 9.53 Å². The van der Waals surface area contributed by atoms with Crippen molar-refractivity contribution in [3.8, 4) is 0 Å². The number of amides is 1. The Labute approximate surface area is 129 Å². The van der Waals surface area contributed by atoms with Crippen molar-refractivity contribution in [2.24, 2.45) is 5.73 Å². The van der Waals surface area contributed by atoms with Gasteiger partial charge in [-0.05, 0) is 33.7 Å². The summed E-state index contributed by atoms with van der Waals surface area (Å²) >= 11 is 0. The quantitative estimate of drug-likeness (QED) is 0.765. The smallest absolute Gasteiger partial charge is 0.410 e. The molecule has 0 saturated carbocycles. The number of carbonyl (C=O) groups is 1. The van der Waals surface area contributed by atoms with E-state index in [1.165, 1.54) is 25.7 Å². The molecule has 1 amide bonds. The molecule has 124 valence electrons. The van der Waals surface area contributed by atoms with Gasteiger partial charge in [0.25, 0.3) is 0 Å². The van der Waals surface area contributed by atoms with Crippen molar-refractivity contribution >= 4 is 6.09 Å². The fourth-order valence-electron chi connectivity index (χ4n) is 2.64. The van der Waals surface area contributed by atoms with Crippen molar-refractivity contribution in [2.45, 2.75) is 65.0 Å². The number of rotatable bonds is 6. The molecule has 0 aliphatic carbocycles. The average Bonchev–Trinajstić information content (AvgIpc) is 2.41. The van der Waals surface area contributed by atoms with Crippen molar-refractivity contribution in [2.75, 3.05) is 32.7 Å². The van der Waals surface area contributed by atoms with Gasteiger partial charge in [-0.25, -0.2) is 4.79 Å². The van der Waals surface area contributed by atoms with E-state index < -0.39 is 5.60 Å². The number of unbranched alkanes of at least 4 members (excludes halogenated alkanes) is 3. The number of nitrogens with two attached hydrogens (primary N) is 1. The molecule has 1 heterocycles. The predicted molar refractivity (Wildman–Crippen MR) is 86.4 cm³/mol. The zero-order valence-electron chi connectivity index (χ0n) is 14.2. The summed E-state index contributed by atoms with van der Waals surface area (Å²) in [6.45, 7) is 11.9. The summed E-state index contributed by atoms with van der Waals surface area (Å²) in [5.74, 6) is 0. The Morgan fingerprint density at radius 3 is 2.52 bits per heavy atom. The Kier molecular flexibility index (Phi) is 7.46. The lowest BCUT2D eigenvalue weighted by molar-refractivity contribution is 0.00459. The van der Waals surface area contributed by atoms with E-state index in [1.54, 1.807) is 4.90 Å². The summed E-state index contributed by atoms with van der Waals surface area (Å²) in [5, 5.41) is 0. The fourth-order valence-corrected chi connectivity index (χ4v) is 2.64. The Bertz CT molecular complexity index is 315. The maximum Gasteiger partial charge on any atom is 0.410 e. The normalized spacial score (nSPS) is 20.6. The van der Waals surface area contributed by atoms with Gasteiger partial charge in [-0.2, -0.15) is 0 Å². The zero-order chi connectivity index (χ0) is 15.9. The highest BCUT2D eigenvalue weighted by Gasteiger charge is 2.30. The summed E-state index contributed by atoms with van der Waals surface area (Å²) in [6, 6.07) is 0.257. The van der Waals surface area contributed by atoms with Crippen LogP contribution < -0.4 is 5.73 Å². The van der Waals surface area contributed by atoms with E-state index in [9.17, 15) is 4.79 Å². The van der Waals surface area contributed by atoms with Crippen LogP contribution in [0.2, 0.25) is 0 Å². The predicted octanol–water partition coefficient (Wildman–Crippen LogP) is 2.45. The van der Waals surface area contributed by atoms with Crippen LogP contribution in [-0.4, -0.2) is 60.3 Å². The van der Waals surface area contributed by atoms with Crippen LogP contribution >= 0.6 is 0 Å². The van der Waals surface area contributed by atoms with Crippen LogP contribution in [0.1, 0.15) is 53.4 Å². The van der Waals surface area contributed by atoms with Gasteiger partial charge in [-0.3, -0.25) is 4.90 Å². The Hall–Kier alpha value is -0.810. The van der Waals surface area contributed by atoms with Crippen LogP contribution in [0.5, 0.6) is 0 Å². The molecule has 0 aromatic carbocycles. The second-order valence-corrected chi connectivity index (χ2v) is 6.91. The van der Waals surface area contributed by atoms with Gasteiger partial charge in [0.15, 0.2) is 0 Å². The van der Waals surface area contributed by atoms with Crippen molar-refractivity contribution in [1.29, 1.82) is 0 Å². The third-order valence-electron chi connectivity index (χ3n) is 3.83. The second-order valence-electron chi connectivity index (χ2n) is 6.91. The highest BCUT2D eigenvalue weighted by molar-refractivity contribution is 5.68. The SMILES string of the molecule is CCCCCCN1CCN(C(=O)OC(C)(C)C)CC1CN. The molecule has 1 atom stereocenters. The molecule has 0 radical (unpaired) electrons. The minimum absolute atomic E-state index is 0.216. The number of hydrogen-bond acceptors (Lipinski definition) is 4. The van der Waals surface area contributed by atoms with E-state index >= 15 is 0 Å². The lowest BCUT2D eigenvalue weighted by atomic mass is 10.1. The molecule has 0 bridgehead atoms. The van der Waals surface area contributed by atoms with Crippen LogP contribution in [0.3, 0.4) is 0 Å². The van der Waals surface area contributed by atoms with Crippen LogP contribution in [0.4, 0.5) is 4.79 Å². The molecule has 5 heteroatoms. The molecule has 1 fully saturated rings. The molecule has 0 aromatic rings. The first kappa shape index (κ1) is 18.2. The minimum Gasteiger partial charge on any atom is -0.444 e. The van der Waals surface area contributed by atoms with Gasteiger partial charge < -0.3 is 15.4 Å². The number of ether oxygens (including phenoxy) is 1. The monoisotopic (exact) mass is 299 g/mol. The van der Waals surface area contributed by atoms with Gasteiger partial charge >= 0.3 is 6.09 Å². The standard InChI is InChI=1S/C16H33N3O2/c1-5-6-7-8-9-18-10-11-19(13-14(18)12-17)15(20)21-16(2,3)4/h14H,5-13,17H2,1-4H3. The lowest BCUT2D eigenvalue weighted by Gasteiger charge is -2.41. The molecular formula is C16H33N3O2. The molecular weight excluding hydrogens is 266 g/mol. The Morgan fingerprint density at radius 1 is 1.24 bits per heavy atom. The maximum absolute atomic E-state index is 12.1. The summed E-state index contributed by atoms with van der Waals surface area (Å²) in [4.78, 5) is 16.3. The molecule has 5 nitrogen and oxygen atoms in total. The van der Waals surface area contributed by atoms with E-state index in [2.05, 4.69) is 11.8 Å². The van der Waals surface area contributed by atoms with E-state index in [0.717, 1.165) is 19.6 Å². The molecule has 1 saturated heterocycles. The van der Waals surface area contributed by atoms with Gasteiger partial charge in [0.1, 0.15) is 5.60 Å². The van der Waals surface area contributed by atoms with Gasteiger partial charge in [0, 0.05) is 32.2 Å². The summed E-state index contributed by atoms with van der Waals surface area (Å²) < 4.78 is 5.45. The molecule has 1 aliphatic heterocycles. The van der Waals surface area contributed by atoms with Crippen LogP contribution in [0.15, 0.2) is 0 Å². The average molecular weight is 299 g/mol.